The topological polar surface area (TPSA) is 38.0 Å². The Kier molecular flexibility index (Phi) is 4.46. The van der Waals surface area contributed by atoms with Crippen LogP contribution in [0.1, 0.15) is 25.3 Å². The molecule has 1 heterocycles. The zero-order valence-corrected chi connectivity index (χ0v) is 12.6. The lowest BCUT2D eigenvalue weighted by molar-refractivity contribution is 0.422. The zero-order valence-electron chi connectivity index (χ0n) is 11.0. The molecule has 1 fully saturated rings. The van der Waals surface area contributed by atoms with Crippen molar-refractivity contribution in [3.63, 3.8) is 0 Å². The number of halogens is 1. The summed E-state index contributed by atoms with van der Waals surface area (Å²) < 4.78 is 0. The Labute approximate surface area is 119 Å². The fourth-order valence-corrected chi connectivity index (χ4v) is 3.89. The molecule has 100 valence electrons. The lowest BCUT2D eigenvalue weighted by atomic mass is 9.89. The Morgan fingerprint density at radius 2 is 2.33 bits per heavy atom. The number of aryl methyl sites for hydroxylation is 1. The highest BCUT2D eigenvalue weighted by atomic mass is 35.5. The Morgan fingerprint density at radius 1 is 1.56 bits per heavy atom. The van der Waals surface area contributed by atoms with Gasteiger partial charge in [0.05, 0.1) is 5.54 Å². The van der Waals surface area contributed by atoms with E-state index in [9.17, 15) is 0 Å². The van der Waals surface area contributed by atoms with Gasteiger partial charge in [-0.05, 0) is 43.2 Å². The van der Waals surface area contributed by atoms with Crippen LogP contribution in [-0.2, 0) is 0 Å². The highest BCUT2D eigenvalue weighted by molar-refractivity contribution is 8.00. The van der Waals surface area contributed by atoms with E-state index in [4.69, 9.17) is 17.3 Å². The average Bonchev–Trinajstić information content (AvgIpc) is 2.37. The summed E-state index contributed by atoms with van der Waals surface area (Å²) >= 11 is 8.18. The average molecular weight is 285 g/mol. The number of nitrogens with two attached hydrogens (primary N) is 1. The summed E-state index contributed by atoms with van der Waals surface area (Å²) in [5.41, 5.74) is 8.22. The van der Waals surface area contributed by atoms with Gasteiger partial charge in [-0.25, -0.2) is 0 Å². The highest BCUT2D eigenvalue weighted by Gasteiger charge is 2.37. The van der Waals surface area contributed by atoms with Crippen LogP contribution < -0.4 is 11.1 Å². The molecule has 0 aromatic heterocycles. The molecular weight excluding hydrogens is 264 g/mol. The fourth-order valence-electron chi connectivity index (χ4n) is 2.45. The van der Waals surface area contributed by atoms with E-state index in [1.54, 1.807) is 0 Å². The van der Waals surface area contributed by atoms with Gasteiger partial charge in [0.2, 0.25) is 0 Å². The summed E-state index contributed by atoms with van der Waals surface area (Å²) in [7, 11) is 0. The summed E-state index contributed by atoms with van der Waals surface area (Å²) in [4.78, 5) is 0. The van der Waals surface area contributed by atoms with Crippen LogP contribution in [0.25, 0.3) is 0 Å². The lowest BCUT2D eigenvalue weighted by Gasteiger charge is -2.43. The van der Waals surface area contributed by atoms with Crippen LogP contribution in [0.4, 0.5) is 5.69 Å². The molecule has 2 atom stereocenters. The van der Waals surface area contributed by atoms with Crippen molar-refractivity contribution in [2.24, 2.45) is 5.73 Å². The first-order valence-corrected chi connectivity index (χ1v) is 7.86. The van der Waals surface area contributed by atoms with E-state index in [1.807, 2.05) is 24.8 Å². The number of anilines is 1. The fraction of sp³-hybridized carbons (Fsp3) is 0.571. The number of thioether (sulfide) groups is 1. The first-order valence-electron chi connectivity index (χ1n) is 6.43. The van der Waals surface area contributed by atoms with Crippen LogP contribution in [0.15, 0.2) is 18.2 Å². The van der Waals surface area contributed by atoms with Crippen LogP contribution in [0.5, 0.6) is 0 Å². The molecule has 0 radical (unpaired) electrons. The van der Waals surface area contributed by atoms with Gasteiger partial charge in [0.1, 0.15) is 0 Å². The maximum Gasteiger partial charge on any atom is 0.0611 e. The molecule has 2 nitrogen and oxygen atoms in total. The van der Waals surface area contributed by atoms with Crippen molar-refractivity contribution in [2.45, 2.75) is 37.5 Å². The molecule has 0 spiro atoms. The molecule has 18 heavy (non-hydrogen) atoms. The molecule has 1 aliphatic heterocycles. The lowest BCUT2D eigenvalue weighted by Crippen LogP contribution is -2.54. The maximum absolute atomic E-state index is 6.18. The van der Waals surface area contributed by atoms with E-state index in [0.717, 1.165) is 22.7 Å². The zero-order chi connectivity index (χ0) is 13.2. The summed E-state index contributed by atoms with van der Waals surface area (Å²) in [5, 5.41) is 4.96. The van der Waals surface area contributed by atoms with Crippen LogP contribution in [0.2, 0.25) is 5.02 Å². The third kappa shape index (κ3) is 2.79. The van der Waals surface area contributed by atoms with Crippen LogP contribution in [0, 0.1) is 6.92 Å². The molecule has 3 N–H and O–H groups in total. The third-order valence-corrected chi connectivity index (χ3v) is 5.73. The molecule has 0 bridgehead atoms. The van der Waals surface area contributed by atoms with E-state index >= 15 is 0 Å². The SMILES string of the molecule is Cc1ccc(NC2(CN)CCCSC2C)cc1Cl. The van der Waals surface area contributed by atoms with E-state index in [-0.39, 0.29) is 5.54 Å². The summed E-state index contributed by atoms with van der Waals surface area (Å²) in [6, 6.07) is 6.14. The van der Waals surface area contributed by atoms with E-state index in [2.05, 4.69) is 24.4 Å². The van der Waals surface area contributed by atoms with Crippen molar-refractivity contribution in [2.75, 3.05) is 17.6 Å². The summed E-state index contributed by atoms with van der Waals surface area (Å²) in [6.45, 7) is 4.94. The minimum Gasteiger partial charge on any atom is -0.377 e. The second kappa shape index (κ2) is 5.72. The molecule has 1 aromatic rings. The van der Waals surface area contributed by atoms with Crippen molar-refractivity contribution < 1.29 is 0 Å². The van der Waals surface area contributed by atoms with Gasteiger partial charge in [0.25, 0.3) is 0 Å². The summed E-state index contributed by atoms with van der Waals surface area (Å²) in [6.07, 6.45) is 2.35. The predicted molar refractivity (Wildman–Crippen MR) is 82.8 cm³/mol. The van der Waals surface area contributed by atoms with Crippen molar-refractivity contribution in [1.82, 2.24) is 0 Å². The van der Waals surface area contributed by atoms with Gasteiger partial charge < -0.3 is 11.1 Å². The third-order valence-electron chi connectivity index (χ3n) is 3.84. The number of hydrogen-bond donors (Lipinski definition) is 2. The van der Waals surface area contributed by atoms with Crippen LogP contribution in [-0.4, -0.2) is 23.1 Å². The predicted octanol–water partition coefficient (Wildman–Crippen LogP) is 3.67. The van der Waals surface area contributed by atoms with Crippen LogP contribution in [0.3, 0.4) is 0 Å². The van der Waals surface area contributed by atoms with Gasteiger partial charge in [-0.2, -0.15) is 11.8 Å². The smallest absolute Gasteiger partial charge is 0.0611 e. The van der Waals surface area contributed by atoms with Gasteiger partial charge in [-0.3, -0.25) is 0 Å². The van der Waals surface area contributed by atoms with Crippen molar-refractivity contribution >= 4 is 29.1 Å². The van der Waals surface area contributed by atoms with Crippen LogP contribution >= 0.6 is 23.4 Å². The molecule has 0 aliphatic carbocycles. The number of benzene rings is 1. The van der Waals surface area contributed by atoms with Gasteiger partial charge in [-0.1, -0.05) is 24.6 Å². The van der Waals surface area contributed by atoms with E-state index in [0.29, 0.717) is 11.8 Å². The van der Waals surface area contributed by atoms with Crippen molar-refractivity contribution in [3.05, 3.63) is 28.8 Å². The molecule has 2 unspecified atom stereocenters. The Bertz CT molecular complexity index is 424. The first-order chi connectivity index (χ1) is 8.57. The molecule has 0 amide bonds. The standard InChI is InChI=1S/C14H21ClN2S/c1-10-4-5-12(8-13(10)15)17-14(9-16)6-3-7-18-11(14)2/h4-5,8,11,17H,3,6-7,9,16H2,1-2H3. The van der Waals surface area contributed by atoms with E-state index in [1.165, 1.54) is 12.2 Å². The Morgan fingerprint density at radius 3 is 2.94 bits per heavy atom. The minimum absolute atomic E-state index is 0.00149. The minimum atomic E-state index is 0.00149. The normalized spacial score (nSPS) is 28.1. The maximum atomic E-state index is 6.18. The Hall–Kier alpha value is -0.380. The van der Waals surface area contributed by atoms with Gasteiger partial charge in [0, 0.05) is 22.5 Å². The molecular formula is C14H21ClN2S. The molecule has 1 aliphatic rings. The number of nitrogens with one attached hydrogen (secondary N) is 1. The monoisotopic (exact) mass is 284 g/mol. The summed E-state index contributed by atoms with van der Waals surface area (Å²) in [5.74, 6) is 1.24. The molecule has 1 saturated heterocycles. The number of hydrogen-bond acceptors (Lipinski definition) is 3. The molecule has 4 heteroatoms. The largest absolute Gasteiger partial charge is 0.377 e. The highest BCUT2D eigenvalue weighted by Crippen LogP contribution is 2.36. The number of rotatable bonds is 3. The molecule has 2 rings (SSSR count). The van der Waals surface area contributed by atoms with Gasteiger partial charge in [-0.15, -0.1) is 0 Å². The Balaban J connectivity index is 2.21. The van der Waals surface area contributed by atoms with Crippen molar-refractivity contribution in [1.29, 1.82) is 0 Å². The second-order valence-electron chi connectivity index (χ2n) is 5.07. The quantitative estimate of drug-likeness (QED) is 0.889. The molecule has 0 saturated carbocycles. The van der Waals surface area contributed by atoms with Crippen molar-refractivity contribution in [3.8, 4) is 0 Å². The van der Waals surface area contributed by atoms with Gasteiger partial charge >= 0.3 is 0 Å². The van der Waals surface area contributed by atoms with Gasteiger partial charge in [0.15, 0.2) is 0 Å². The first kappa shape index (κ1) is 14.0. The second-order valence-corrected chi connectivity index (χ2v) is 6.92. The molecule has 1 aromatic carbocycles. The van der Waals surface area contributed by atoms with E-state index < -0.39 is 0 Å².